The van der Waals surface area contributed by atoms with Crippen LogP contribution in [0.4, 0.5) is 4.39 Å². The number of carbonyl (C=O) groups excluding carboxylic acids is 1. The molecule has 0 aliphatic heterocycles. The summed E-state index contributed by atoms with van der Waals surface area (Å²) >= 11 is 1.22. The summed E-state index contributed by atoms with van der Waals surface area (Å²) in [5.74, 6) is -1.47. The summed E-state index contributed by atoms with van der Waals surface area (Å²) in [7, 11) is 0. The van der Waals surface area contributed by atoms with Crippen LogP contribution in [0, 0.1) is 6.01 Å². The highest BCUT2D eigenvalue weighted by Gasteiger charge is 2.23. The first-order chi connectivity index (χ1) is 22.1. The Kier molecular flexibility index (Phi) is 12.0. The van der Waals surface area contributed by atoms with Crippen LogP contribution in [-0.4, -0.2) is 38.9 Å². The summed E-state index contributed by atoms with van der Waals surface area (Å²) in [6.07, 6.45) is 11.1. The normalized spacial score (nSPS) is 13.0. The molecule has 0 aliphatic rings. The second-order valence-electron chi connectivity index (χ2n) is 10.6. The number of rotatable bonds is 16. The van der Waals surface area contributed by atoms with Crippen molar-refractivity contribution in [1.29, 1.82) is 0 Å². The second-order valence-corrected chi connectivity index (χ2v) is 11.8. The summed E-state index contributed by atoms with van der Waals surface area (Å²) in [4.78, 5) is 36.0. The minimum atomic E-state index is -1.36. The van der Waals surface area contributed by atoms with Crippen LogP contribution in [0.25, 0.3) is 11.0 Å². The number of phenols is 1. The van der Waals surface area contributed by atoms with Gasteiger partial charge in [-0.15, -0.1) is 11.8 Å². The Morgan fingerprint density at radius 3 is 2.61 bits per heavy atom. The molecule has 242 valence electrons. The van der Waals surface area contributed by atoms with Crippen LogP contribution < -0.4 is 10.2 Å². The van der Waals surface area contributed by atoms with Gasteiger partial charge >= 0.3 is 5.97 Å². The molecule has 2 aromatic heterocycles. The number of thioether (sulfide) groups is 1. The Hall–Kier alpha value is -4.61. The maximum absolute atomic E-state index is 13.6. The Morgan fingerprint density at radius 2 is 1.91 bits per heavy atom. The van der Waals surface area contributed by atoms with Crippen LogP contribution in [0.1, 0.15) is 77.7 Å². The molecule has 0 spiro atoms. The fourth-order valence-electron chi connectivity index (χ4n) is 4.77. The number of aromatic carboxylic acids is 1. The number of allylic oxidation sites excluding steroid dienone is 3. The molecule has 3 N–H and O–H groups in total. The first-order valence-electron chi connectivity index (χ1n) is 14.8. The van der Waals surface area contributed by atoms with E-state index in [0.717, 1.165) is 44.1 Å². The van der Waals surface area contributed by atoms with Gasteiger partial charge in [-0.2, -0.15) is 4.39 Å². The van der Waals surface area contributed by atoms with Gasteiger partial charge in [0, 0.05) is 28.2 Å². The quantitative estimate of drug-likeness (QED) is 0.0478. The predicted octanol–water partition coefficient (Wildman–Crippen LogP) is 7.64. The number of hydrogen-bond acceptors (Lipinski definition) is 9. The van der Waals surface area contributed by atoms with Gasteiger partial charge in [-0.25, -0.2) is 4.79 Å². The molecule has 0 amide bonds. The van der Waals surface area contributed by atoms with Gasteiger partial charge in [0.05, 0.1) is 35.2 Å². The molecule has 2 aromatic carbocycles. The van der Waals surface area contributed by atoms with E-state index in [4.69, 9.17) is 13.6 Å². The van der Waals surface area contributed by atoms with Gasteiger partial charge in [-0.05, 0) is 62.9 Å². The van der Waals surface area contributed by atoms with Crippen molar-refractivity contribution >= 4 is 34.5 Å². The molecule has 0 aliphatic carbocycles. The molecule has 2 atom stereocenters. The van der Waals surface area contributed by atoms with Gasteiger partial charge in [0.2, 0.25) is 5.76 Å². The van der Waals surface area contributed by atoms with E-state index < -0.39 is 34.5 Å². The maximum Gasteiger partial charge on any atom is 0.371 e. The molecule has 0 unspecified atom stereocenters. The van der Waals surface area contributed by atoms with Crippen LogP contribution in [-0.2, 0) is 6.42 Å². The predicted molar refractivity (Wildman–Crippen MR) is 172 cm³/mol. The van der Waals surface area contributed by atoms with Gasteiger partial charge in [-0.3, -0.25) is 9.59 Å². The van der Waals surface area contributed by atoms with Crippen molar-refractivity contribution in [2.75, 3.05) is 6.61 Å². The molecule has 0 saturated heterocycles. The third-order valence-corrected chi connectivity index (χ3v) is 8.33. The van der Waals surface area contributed by atoms with Crippen molar-refractivity contribution in [2.45, 2.75) is 62.2 Å². The lowest BCUT2D eigenvalue weighted by molar-refractivity contribution is 0.0662. The number of Topliss-reactive ketones (excluding diaryl/α,β-unsaturated/α-hetero) is 1. The van der Waals surface area contributed by atoms with Crippen molar-refractivity contribution in [3.8, 4) is 11.5 Å². The van der Waals surface area contributed by atoms with Gasteiger partial charge in [0.15, 0.2) is 11.2 Å². The number of aromatic hydroxyl groups is 1. The number of furan rings is 1. The highest BCUT2D eigenvalue weighted by atomic mass is 32.2. The number of ketones is 1. The Bertz CT molecular complexity index is 1800. The monoisotopic (exact) mass is 650 g/mol. The third kappa shape index (κ3) is 8.76. The Labute approximate surface area is 269 Å². The van der Waals surface area contributed by atoms with Crippen molar-refractivity contribution in [3.63, 3.8) is 0 Å². The number of halogens is 1. The maximum atomic E-state index is 13.6. The van der Waals surface area contributed by atoms with E-state index in [9.17, 15) is 34.1 Å². The molecule has 0 saturated carbocycles. The van der Waals surface area contributed by atoms with E-state index >= 15 is 0 Å². The highest BCUT2D eigenvalue weighted by Crippen LogP contribution is 2.36. The second kappa shape index (κ2) is 16.1. The van der Waals surface area contributed by atoms with Crippen molar-refractivity contribution in [2.24, 2.45) is 0 Å². The molecule has 0 radical (unpaired) electrons. The zero-order chi connectivity index (χ0) is 33.2. The topological polar surface area (TPSA) is 147 Å². The zero-order valence-corrected chi connectivity index (χ0v) is 26.2. The molecule has 9 nitrogen and oxygen atoms in total. The molecule has 0 bridgehead atoms. The minimum absolute atomic E-state index is 0.0133. The smallest absolute Gasteiger partial charge is 0.371 e. The zero-order valence-electron chi connectivity index (χ0n) is 25.4. The van der Waals surface area contributed by atoms with Crippen LogP contribution >= 0.6 is 11.8 Å². The first kappa shape index (κ1) is 34.3. The molecule has 46 heavy (non-hydrogen) atoms. The van der Waals surface area contributed by atoms with Gasteiger partial charge in [0.1, 0.15) is 17.1 Å². The SMILES string of the molecule is CCCc1c(OCCCCC=CC=C[C@H](Sc2ccc3c(=O)cc(C(=O)O)oc3c2)[C@H](O)c2coc(F)c2)ccc(C(C)=O)c1O. The van der Waals surface area contributed by atoms with E-state index in [1.807, 2.05) is 19.1 Å². The highest BCUT2D eigenvalue weighted by molar-refractivity contribution is 8.00. The van der Waals surface area contributed by atoms with Crippen LogP contribution in [0.2, 0.25) is 0 Å². The Balaban J connectivity index is 1.37. The fraction of sp³-hybridized carbons (Fsp3) is 0.286. The van der Waals surface area contributed by atoms with Gasteiger partial charge in [0.25, 0.3) is 6.01 Å². The van der Waals surface area contributed by atoms with Crippen LogP contribution in [0.3, 0.4) is 0 Å². The number of aliphatic hydroxyl groups excluding tert-OH is 1. The van der Waals surface area contributed by atoms with E-state index in [1.54, 1.807) is 30.4 Å². The lowest BCUT2D eigenvalue weighted by Gasteiger charge is -2.18. The van der Waals surface area contributed by atoms with Crippen molar-refractivity contribution in [3.05, 3.63) is 112 Å². The first-order valence-corrected chi connectivity index (χ1v) is 15.7. The molecule has 4 rings (SSSR count). The molecule has 4 aromatic rings. The van der Waals surface area contributed by atoms with E-state index in [1.165, 1.54) is 30.8 Å². The van der Waals surface area contributed by atoms with E-state index in [2.05, 4.69) is 0 Å². The number of hydrogen-bond donors (Lipinski definition) is 3. The summed E-state index contributed by atoms with van der Waals surface area (Å²) < 4.78 is 29.6. The molecule has 2 heterocycles. The lowest BCUT2D eigenvalue weighted by atomic mass is 10.0. The van der Waals surface area contributed by atoms with Gasteiger partial charge in [-0.1, -0.05) is 37.6 Å². The molecular formula is C35H35FO9S. The van der Waals surface area contributed by atoms with E-state index in [0.29, 0.717) is 34.8 Å². The third-order valence-electron chi connectivity index (χ3n) is 7.11. The van der Waals surface area contributed by atoms with Gasteiger partial charge < -0.3 is 28.9 Å². The number of fused-ring (bicyclic) bond motifs is 1. The average molecular weight is 651 g/mol. The number of phenolic OH excluding ortho intramolecular Hbond substituents is 1. The molecule has 11 heteroatoms. The summed E-state index contributed by atoms with van der Waals surface area (Å²) in [6, 6.07) is 9.23. The van der Waals surface area contributed by atoms with Crippen molar-refractivity contribution in [1.82, 2.24) is 0 Å². The van der Waals surface area contributed by atoms with E-state index in [-0.39, 0.29) is 28.1 Å². The number of ether oxygens (including phenoxy) is 1. The number of carboxylic acid groups (broad SMARTS) is 1. The number of unbranched alkanes of at least 4 members (excludes halogenated alkanes) is 2. The fourth-order valence-corrected chi connectivity index (χ4v) is 5.86. The number of carbonyl (C=O) groups is 2. The van der Waals surface area contributed by atoms with Crippen LogP contribution in [0.5, 0.6) is 11.5 Å². The largest absolute Gasteiger partial charge is 0.507 e. The summed E-state index contributed by atoms with van der Waals surface area (Å²) in [5.41, 5.74) is 0.790. The van der Waals surface area contributed by atoms with Crippen molar-refractivity contribution < 1.29 is 42.9 Å². The molecular weight excluding hydrogens is 615 g/mol. The number of benzene rings is 2. The Morgan fingerprint density at radius 1 is 1.11 bits per heavy atom. The number of aliphatic hydroxyl groups is 1. The van der Waals surface area contributed by atoms with Crippen LogP contribution in [0.15, 0.2) is 91.6 Å². The summed E-state index contributed by atoms with van der Waals surface area (Å²) in [5, 5.41) is 30.4. The standard InChI is InChI=1S/C35H35FO9S/c1-3-10-26-28(15-14-24(21(2)37)34(26)40)43-16-9-7-5-4-6-8-11-31(33(39)22-17-32(36)44-20-22)46-23-12-13-25-27(38)19-30(35(41)42)45-29(25)18-23/h4,6,8,11-15,17-20,31,33,39-40H,3,5,7,9-10,16H2,1-2H3,(H,41,42)/t31-,33+/m0/s1. The molecule has 0 fully saturated rings. The summed E-state index contributed by atoms with van der Waals surface area (Å²) in [6.45, 7) is 3.86. The number of carboxylic acids is 1. The minimum Gasteiger partial charge on any atom is -0.507 e. The lowest BCUT2D eigenvalue weighted by Crippen LogP contribution is -2.12. The average Bonchev–Trinajstić information content (AvgIpc) is 3.46.